The molecule has 146 valence electrons. The number of amides is 2. The topological polar surface area (TPSA) is 78.4 Å². The minimum Gasteiger partial charge on any atom is -0.511 e. The maximum absolute atomic E-state index is 12.5. The molecule has 1 aliphatic carbocycles. The zero-order valence-electron chi connectivity index (χ0n) is 16.3. The van der Waals surface area contributed by atoms with E-state index < -0.39 is 11.8 Å². The summed E-state index contributed by atoms with van der Waals surface area (Å²) >= 11 is 0. The van der Waals surface area contributed by atoms with Crippen LogP contribution >= 0.6 is 0 Å². The van der Waals surface area contributed by atoms with Gasteiger partial charge in [-0.25, -0.2) is 0 Å². The largest absolute Gasteiger partial charge is 0.511 e. The molecule has 2 amide bonds. The third-order valence-corrected chi connectivity index (χ3v) is 5.52. The van der Waals surface area contributed by atoms with Gasteiger partial charge in [0.15, 0.2) is 0 Å². The van der Waals surface area contributed by atoms with Crippen LogP contribution in [0.1, 0.15) is 70.3 Å². The lowest BCUT2D eigenvalue weighted by atomic mass is 9.84. The highest BCUT2D eigenvalue weighted by molar-refractivity contribution is 6.23. The number of aliphatic hydroxyl groups excluding tert-OH is 1. The second-order valence-electron chi connectivity index (χ2n) is 8.24. The Morgan fingerprint density at radius 1 is 1.19 bits per heavy atom. The van der Waals surface area contributed by atoms with Gasteiger partial charge in [0.1, 0.15) is 11.3 Å². The molecule has 1 saturated carbocycles. The Morgan fingerprint density at radius 3 is 2.44 bits per heavy atom. The van der Waals surface area contributed by atoms with Gasteiger partial charge in [-0.2, -0.15) is 0 Å². The standard InChI is InChI=1S/C22H30N2O3/c1-14(2)12-18-13-19(25)20(22(27)24-18)21(26)23-17-10-8-16(9-11-17)15-6-4-3-5-7-15/h8-11,14-15,18,25H,3-7,12-13H2,1-2H3,(H,23,26)(H,24,27). The molecule has 0 spiro atoms. The third kappa shape index (κ3) is 4.90. The fourth-order valence-electron chi connectivity index (χ4n) is 4.19. The van der Waals surface area contributed by atoms with Crippen molar-refractivity contribution in [2.45, 2.75) is 70.8 Å². The number of hydrogen-bond acceptors (Lipinski definition) is 3. The van der Waals surface area contributed by atoms with Crippen molar-refractivity contribution < 1.29 is 14.7 Å². The molecule has 27 heavy (non-hydrogen) atoms. The third-order valence-electron chi connectivity index (χ3n) is 5.52. The van der Waals surface area contributed by atoms with Gasteiger partial charge < -0.3 is 15.7 Å². The van der Waals surface area contributed by atoms with Crippen LogP contribution in [0.4, 0.5) is 5.69 Å². The van der Waals surface area contributed by atoms with Crippen LogP contribution in [0.5, 0.6) is 0 Å². The van der Waals surface area contributed by atoms with Crippen molar-refractivity contribution in [1.82, 2.24) is 5.32 Å². The fourth-order valence-corrected chi connectivity index (χ4v) is 4.19. The van der Waals surface area contributed by atoms with Gasteiger partial charge >= 0.3 is 0 Å². The molecular formula is C22H30N2O3. The Morgan fingerprint density at radius 2 is 1.85 bits per heavy atom. The highest BCUT2D eigenvalue weighted by Crippen LogP contribution is 2.33. The molecule has 0 aromatic heterocycles. The highest BCUT2D eigenvalue weighted by Gasteiger charge is 2.31. The first kappa shape index (κ1) is 19.5. The summed E-state index contributed by atoms with van der Waals surface area (Å²) in [6.45, 7) is 4.12. The molecule has 0 saturated heterocycles. The van der Waals surface area contributed by atoms with Crippen LogP contribution in [0.2, 0.25) is 0 Å². The number of carbonyl (C=O) groups is 2. The van der Waals surface area contributed by atoms with Gasteiger partial charge in [-0.1, -0.05) is 45.2 Å². The lowest BCUT2D eigenvalue weighted by Crippen LogP contribution is -2.44. The maximum atomic E-state index is 12.5. The molecule has 3 N–H and O–H groups in total. The molecule has 0 radical (unpaired) electrons. The fraction of sp³-hybridized carbons (Fsp3) is 0.545. The minimum atomic E-state index is -0.557. The minimum absolute atomic E-state index is 0.121. The normalized spacial score (nSPS) is 21.3. The van der Waals surface area contributed by atoms with Gasteiger partial charge in [0.2, 0.25) is 0 Å². The monoisotopic (exact) mass is 370 g/mol. The van der Waals surface area contributed by atoms with Gasteiger partial charge in [0.05, 0.1) is 0 Å². The lowest BCUT2D eigenvalue weighted by molar-refractivity contribution is -0.123. The van der Waals surface area contributed by atoms with E-state index in [4.69, 9.17) is 0 Å². The Kier molecular flexibility index (Phi) is 6.19. The summed E-state index contributed by atoms with van der Waals surface area (Å²) in [7, 11) is 0. The molecule has 3 rings (SSSR count). The van der Waals surface area contributed by atoms with Crippen LogP contribution in [0.25, 0.3) is 0 Å². The Labute approximate surface area is 161 Å². The zero-order valence-corrected chi connectivity index (χ0v) is 16.3. The number of carbonyl (C=O) groups excluding carboxylic acids is 2. The number of rotatable bonds is 5. The molecule has 5 nitrogen and oxygen atoms in total. The van der Waals surface area contributed by atoms with Gasteiger partial charge in [-0.3, -0.25) is 9.59 Å². The van der Waals surface area contributed by atoms with E-state index in [1.165, 1.54) is 37.7 Å². The molecule has 1 unspecified atom stereocenters. The number of nitrogens with one attached hydrogen (secondary N) is 2. The summed E-state index contributed by atoms with van der Waals surface area (Å²) in [4.78, 5) is 24.8. The Bertz CT molecular complexity index is 716. The quantitative estimate of drug-likeness (QED) is 0.671. The van der Waals surface area contributed by atoms with Crippen LogP contribution in [0, 0.1) is 5.92 Å². The first-order valence-corrected chi connectivity index (χ1v) is 10.1. The second kappa shape index (κ2) is 8.59. The average molecular weight is 370 g/mol. The number of hydrogen-bond donors (Lipinski definition) is 3. The van der Waals surface area contributed by atoms with Crippen LogP contribution in [-0.2, 0) is 9.59 Å². The molecule has 1 aliphatic heterocycles. The number of benzene rings is 1. The molecule has 0 bridgehead atoms. The molecular weight excluding hydrogens is 340 g/mol. The van der Waals surface area contributed by atoms with Crippen molar-refractivity contribution in [3.05, 3.63) is 41.2 Å². The van der Waals surface area contributed by atoms with Crippen molar-refractivity contribution in [2.75, 3.05) is 5.32 Å². The number of aliphatic hydroxyl groups is 1. The van der Waals surface area contributed by atoms with E-state index in [2.05, 4.69) is 36.6 Å². The lowest BCUT2D eigenvalue weighted by Gasteiger charge is -2.26. The predicted molar refractivity (Wildman–Crippen MR) is 107 cm³/mol. The summed E-state index contributed by atoms with van der Waals surface area (Å²) in [5.74, 6) is -0.168. The van der Waals surface area contributed by atoms with Crippen molar-refractivity contribution in [3.63, 3.8) is 0 Å². The average Bonchev–Trinajstić information content (AvgIpc) is 2.62. The van der Waals surface area contributed by atoms with Gasteiger partial charge in [0.25, 0.3) is 11.8 Å². The summed E-state index contributed by atoms with van der Waals surface area (Å²) in [6.07, 6.45) is 7.41. The van der Waals surface area contributed by atoms with E-state index in [0.717, 1.165) is 6.42 Å². The Balaban J connectivity index is 1.65. The summed E-state index contributed by atoms with van der Waals surface area (Å²) < 4.78 is 0. The van der Waals surface area contributed by atoms with Crippen molar-refractivity contribution in [1.29, 1.82) is 0 Å². The molecule has 1 aromatic carbocycles. The highest BCUT2D eigenvalue weighted by atomic mass is 16.3. The summed E-state index contributed by atoms with van der Waals surface area (Å²) in [6, 6.07) is 7.74. The van der Waals surface area contributed by atoms with Gasteiger partial charge in [0, 0.05) is 18.2 Å². The van der Waals surface area contributed by atoms with Crippen molar-refractivity contribution in [3.8, 4) is 0 Å². The predicted octanol–water partition coefficient (Wildman–Crippen LogP) is 4.42. The Hall–Kier alpha value is -2.30. The molecule has 1 atom stereocenters. The molecule has 2 aliphatic rings. The van der Waals surface area contributed by atoms with E-state index in [0.29, 0.717) is 23.9 Å². The summed E-state index contributed by atoms with van der Waals surface area (Å²) in [5.41, 5.74) is 1.77. The molecule has 1 heterocycles. The first-order valence-electron chi connectivity index (χ1n) is 10.1. The van der Waals surface area contributed by atoms with Crippen LogP contribution in [0.3, 0.4) is 0 Å². The van der Waals surface area contributed by atoms with Gasteiger partial charge in [-0.05, 0) is 48.8 Å². The zero-order chi connectivity index (χ0) is 19.4. The van der Waals surface area contributed by atoms with E-state index in [1.807, 2.05) is 12.1 Å². The van der Waals surface area contributed by atoms with Crippen LogP contribution in [0.15, 0.2) is 35.6 Å². The molecule has 5 heteroatoms. The molecule has 1 aromatic rings. The van der Waals surface area contributed by atoms with E-state index in [9.17, 15) is 14.7 Å². The summed E-state index contributed by atoms with van der Waals surface area (Å²) in [5, 5.41) is 15.8. The molecule has 1 fully saturated rings. The first-order chi connectivity index (χ1) is 12.9. The van der Waals surface area contributed by atoms with E-state index in [-0.39, 0.29) is 17.4 Å². The SMILES string of the molecule is CC(C)CC1CC(O)=C(C(=O)Nc2ccc(C3CCCCC3)cc2)C(=O)N1. The number of anilines is 1. The van der Waals surface area contributed by atoms with Crippen LogP contribution in [-0.4, -0.2) is 23.0 Å². The second-order valence-corrected chi connectivity index (χ2v) is 8.24. The smallest absolute Gasteiger partial charge is 0.264 e. The van der Waals surface area contributed by atoms with Crippen molar-refractivity contribution >= 4 is 17.5 Å². The van der Waals surface area contributed by atoms with Crippen molar-refractivity contribution in [2.24, 2.45) is 5.92 Å². The van der Waals surface area contributed by atoms with Gasteiger partial charge in [-0.15, -0.1) is 0 Å². The van der Waals surface area contributed by atoms with Crippen LogP contribution < -0.4 is 10.6 Å². The van der Waals surface area contributed by atoms with E-state index in [1.54, 1.807) is 0 Å². The van der Waals surface area contributed by atoms with E-state index >= 15 is 0 Å². The maximum Gasteiger partial charge on any atom is 0.264 e.